The standard InChI is InChI=1S/2C14H10N2OS.Pd/c2*17-14-13(9-5-1-2-6-10(9)16-14)15-11-7-3-4-8-12(11)18;/h2*1-8,18H,(H,15,16,17);/q;;+2/p-2. The van der Waals surface area contributed by atoms with E-state index < -0.39 is 0 Å². The Hall–Kier alpha value is -3.74. The Bertz CT molecular complexity index is 1450. The fraction of sp³-hybridized carbons (Fsp3) is 0. The summed E-state index contributed by atoms with van der Waals surface area (Å²) in [5.74, 6) is -0.371. The molecule has 6 nitrogen and oxygen atoms in total. The SMILES string of the molecule is O=C1Nc2ccccc2C1=Nc1ccccc1[S-].O=C1Nc2ccccc2C1=Nc1ccccc1[S-].[Pd+2]. The van der Waals surface area contributed by atoms with Gasteiger partial charge < -0.3 is 35.9 Å². The van der Waals surface area contributed by atoms with Crippen LogP contribution >= 0.6 is 0 Å². The van der Waals surface area contributed by atoms with Crippen molar-refractivity contribution in [3.8, 4) is 0 Å². The second-order valence-corrected chi connectivity index (χ2v) is 8.74. The van der Waals surface area contributed by atoms with Crippen LogP contribution in [0.2, 0.25) is 0 Å². The maximum Gasteiger partial charge on any atom is 2.00 e. The Balaban J connectivity index is 0.000000168. The van der Waals surface area contributed by atoms with E-state index in [4.69, 9.17) is 25.3 Å². The summed E-state index contributed by atoms with van der Waals surface area (Å²) >= 11 is 10.4. The Morgan fingerprint density at radius 3 is 1.27 bits per heavy atom. The van der Waals surface area contributed by atoms with E-state index in [0.717, 1.165) is 22.5 Å². The van der Waals surface area contributed by atoms with Crippen LogP contribution in [-0.2, 0) is 55.3 Å². The number of carbonyl (C=O) groups excluding carboxylic acids is 2. The maximum absolute atomic E-state index is 11.9. The zero-order chi connectivity index (χ0) is 25.1. The number of carbonyl (C=O) groups is 2. The number of para-hydroxylation sites is 4. The quantitative estimate of drug-likeness (QED) is 0.237. The number of fused-ring (bicyclic) bond motifs is 2. The molecular formula is C28H18N4O2PdS2. The van der Waals surface area contributed by atoms with Crippen LogP contribution in [0.1, 0.15) is 11.1 Å². The molecule has 0 aliphatic carbocycles. The fourth-order valence-corrected chi connectivity index (χ4v) is 4.15. The van der Waals surface area contributed by atoms with Crippen LogP contribution in [0.4, 0.5) is 22.7 Å². The second kappa shape index (κ2) is 11.5. The first-order valence-electron chi connectivity index (χ1n) is 11.0. The molecule has 0 atom stereocenters. The van der Waals surface area contributed by atoms with Gasteiger partial charge >= 0.3 is 20.4 Å². The van der Waals surface area contributed by atoms with Crippen molar-refractivity contribution in [3.63, 3.8) is 0 Å². The number of hydrogen-bond acceptors (Lipinski definition) is 6. The zero-order valence-corrected chi connectivity index (χ0v) is 22.3. The number of hydrogen-bond donors (Lipinski definition) is 2. The van der Waals surface area contributed by atoms with Gasteiger partial charge in [0.1, 0.15) is 11.4 Å². The molecule has 0 saturated carbocycles. The molecule has 2 amide bonds. The molecule has 0 saturated heterocycles. The van der Waals surface area contributed by atoms with Gasteiger partial charge in [-0.3, -0.25) is 9.59 Å². The summed E-state index contributed by atoms with van der Waals surface area (Å²) in [6.07, 6.45) is 0. The molecule has 0 bridgehead atoms. The van der Waals surface area contributed by atoms with Crippen molar-refractivity contribution in [2.45, 2.75) is 9.79 Å². The molecule has 0 radical (unpaired) electrons. The van der Waals surface area contributed by atoms with E-state index in [9.17, 15) is 9.59 Å². The van der Waals surface area contributed by atoms with Crippen LogP contribution in [0.5, 0.6) is 0 Å². The number of benzene rings is 4. The molecule has 2 aliphatic heterocycles. The number of aliphatic imine (C=N–C) groups is 2. The van der Waals surface area contributed by atoms with Gasteiger partial charge in [-0.25, -0.2) is 9.98 Å². The molecule has 184 valence electrons. The smallest absolute Gasteiger partial charge is 0.778 e. The molecule has 2 heterocycles. The minimum atomic E-state index is -0.186. The van der Waals surface area contributed by atoms with E-state index >= 15 is 0 Å². The predicted octanol–water partition coefficient (Wildman–Crippen LogP) is 5.33. The van der Waals surface area contributed by atoms with Crippen molar-refractivity contribution in [2.75, 3.05) is 10.6 Å². The van der Waals surface area contributed by atoms with E-state index in [1.807, 2.05) is 84.9 Å². The van der Waals surface area contributed by atoms with Gasteiger partial charge in [-0.1, -0.05) is 72.8 Å². The Kier molecular flexibility index (Phi) is 8.21. The summed E-state index contributed by atoms with van der Waals surface area (Å²) in [6, 6.07) is 29.6. The first-order valence-corrected chi connectivity index (χ1v) is 11.8. The third-order valence-corrected chi connectivity index (χ3v) is 6.18. The van der Waals surface area contributed by atoms with Crippen molar-refractivity contribution < 1.29 is 30.0 Å². The van der Waals surface area contributed by atoms with Crippen LogP contribution < -0.4 is 10.6 Å². The molecule has 0 spiro atoms. The fourth-order valence-electron chi connectivity index (χ4n) is 3.77. The van der Waals surface area contributed by atoms with E-state index in [1.54, 1.807) is 12.1 Å². The molecule has 0 unspecified atom stereocenters. The summed E-state index contributed by atoms with van der Waals surface area (Å²) in [4.78, 5) is 33.8. The minimum absolute atomic E-state index is 0. The number of nitrogens with one attached hydrogen (secondary N) is 2. The summed E-state index contributed by atoms with van der Waals surface area (Å²) < 4.78 is 0. The Morgan fingerprint density at radius 1 is 0.514 bits per heavy atom. The Labute approximate surface area is 238 Å². The van der Waals surface area contributed by atoms with Crippen molar-refractivity contribution in [1.82, 2.24) is 0 Å². The van der Waals surface area contributed by atoms with E-state index in [0.29, 0.717) is 32.6 Å². The van der Waals surface area contributed by atoms with Gasteiger partial charge in [0, 0.05) is 22.5 Å². The predicted molar refractivity (Wildman–Crippen MR) is 147 cm³/mol. The number of rotatable bonds is 2. The van der Waals surface area contributed by atoms with Crippen LogP contribution in [0.25, 0.3) is 0 Å². The molecular weight excluding hydrogens is 595 g/mol. The monoisotopic (exact) mass is 612 g/mol. The van der Waals surface area contributed by atoms with E-state index in [-0.39, 0.29) is 32.2 Å². The van der Waals surface area contributed by atoms with E-state index in [1.165, 1.54) is 0 Å². The van der Waals surface area contributed by atoms with Crippen LogP contribution in [-0.4, -0.2) is 23.2 Å². The van der Waals surface area contributed by atoms with Gasteiger partial charge in [0.25, 0.3) is 11.8 Å². The third-order valence-electron chi connectivity index (χ3n) is 5.49. The maximum atomic E-state index is 11.9. The molecule has 37 heavy (non-hydrogen) atoms. The van der Waals surface area contributed by atoms with E-state index in [2.05, 4.69) is 20.6 Å². The van der Waals surface area contributed by atoms with Crippen LogP contribution in [0.15, 0.2) is 117 Å². The molecule has 0 fully saturated rings. The number of nitrogens with zero attached hydrogens (tertiary/aromatic N) is 2. The summed E-state index contributed by atoms with van der Waals surface area (Å²) in [5.41, 5.74) is 5.36. The summed E-state index contributed by atoms with van der Waals surface area (Å²) in [5, 5.41) is 5.57. The second-order valence-electron chi connectivity index (χ2n) is 7.86. The topological polar surface area (TPSA) is 82.9 Å². The largest absolute Gasteiger partial charge is 2.00 e. The summed E-state index contributed by atoms with van der Waals surface area (Å²) in [6.45, 7) is 0. The Morgan fingerprint density at radius 2 is 0.865 bits per heavy atom. The van der Waals surface area contributed by atoms with Crippen LogP contribution in [0.3, 0.4) is 0 Å². The van der Waals surface area contributed by atoms with Crippen molar-refractivity contribution in [3.05, 3.63) is 108 Å². The van der Waals surface area contributed by atoms with Gasteiger partial charge in [0.05, 0.1) is 11.4 Å². The zero-order valence-electron chi connectivity index (χ0n) is 19.1. The van der Waals surface area contributed by atoms with Crippen LogP contribution in [0, 0.1) is 0 Å². The average molecular weight is 613 g/mol. The van der Waals surface area contributed by atoms with Crippen molar-refractivity contribution in [2.24, 2.45) is 9.98 Å². The summed E-state index contributed by atoms with van der Waals surface area (Å²) in [7, 11) is 0. The average Bonchev–Trinajstić information content (AvgIpc) is 3.37. The molecule has 4 aromatic rings. The normalized spacial score (nSPS) is 15.1. The molecule has 9 heteroatoms. The van der Waals surface area contributed by atoms with Gasteiger partial charge in [0.15, 0.2) is 0 Å². The number of anilines is 2. The molecule has 2 N–H and O–H groups in total. The minimum Gasteiger partial charge on any atom is -0.778 e. The van der Waals surface area contributed by atoms with Gasteiger partial charge in [-0.05, 0) is 24.3 Å². The molecule has 6 rings (SSSR count). The number of amides is 2. The first kappa shape index (κ1) is 26.3. The molecule has 4 aromatic carbocycles. The molecule has 0 aromatic heterocycles. The van der Waals surface area contributed by atoms with Gasteiger partial charge in [-0.15, -0.1) is 9.79 Å². The van der Waals surface area contributed by atoms with Crippen molar-refractivity contribution in [1.29, 1.82) is 0 Å². The van der Waals surface area contributed by atoms with Crippen molar-refractivity contribution >= 4 is 71.2 Å². The van der Waals surface area contributed by atoms with Gasteiger partial charge in [-0.2, -0.15) is 0 Å². The van der Waals surface area contributed by atoms with Gasteiger partial charge in [0.2, 0.25) is 0 Å². The molecule has 2 aliphatic rings. The first-order chi connectivity index (χ1) is 17.5. The third kappa shape index (κ3) is 5.66.